The molecule has 2 bridgehead atoms. The number of rotatable bonds is 6. The van der Waals surface area contributed by atoms with E-state index >= 15 is 0 Å². The number of hydrogen-bond donors (Lipinski definition) is 1. The van der Waals surface area contributed by atoms with E-state index in [1.165, 1.54) is 51.4 Å². The molecule has 0 aliphatic heterocycles. The monoisotopic (exact) mass is 323 g/mol. The van der Waals surface area contributed by atoms with Crippen LogP contribution in [0.15, 0.2) is 0 Å². The average molecular weight is 324 g/mol. The molecule has 0 unspecified atom stereocenters. The second kappa shape index (κ2) is 6.65. The van der Waals surface area contributed by atoms with Crippen molar-refractivity contribution in [1.82, 2.24) is 4.90 Å². The van der Waals surface area contributed by atoms with E-state index < -0.39 is 0 Å². The van der Waals surface area contributed by atoms with E-state index in [9.17, 15) is 5.11 Å². The highest BCUT2D eigenvalue weighted by Gasteiger charge is 2.60. The molecule has 0 aromatic rings. The molecule has 3 aliphatic carbocycles. The van der Waals surface area contributed by atoms with Gasteiger partial charge in [0, 0.05) is 12.6 Å². The van der Waals surface area contributed by atoms with Gasteiger partial charge in [-0.15, -0.1) is 0 Å². The first kappa shape index (κ1) is 17.7. The van der Waals surface area contributed by atoms with Crippen molar-refractivity contribution < 1.29 is 9.84 Å². The van der Waals surface area contributed by atoms with Gasteiger partial charge in [0.1, 0.15) is 0 Å². The van der Waals surface area contributed by atoms with Crippen LogP contribution < -0.4 is 0 Å². The zero-order valence-corrected chi connectivity index (χ0v) is 15.7. The van der Waals surface area contributed by atoms with Gasteiger partial charge in [-0.2, -0.15) is 0 Å². The minimum Gasteiger partial charge on any atom is -0.389 e. The Balaban J connectivity index is 1.48. The second-order valence-corrected chi connectivity index (χ2v) is 9.51. The van der Waals surface area contributed by atoms with E-state index in [0.717, 1.165) is 12.5 Å². The Morgan fingerprint density at radius 2 is 1.83 bits per heavy atom. The van der Waals surface area contributed by atoms with Crippen molar-refractivity contribution >= 4 is 0 Å². The lowest BCUT2D eigenvalue weighted by atomic mass is 9.70. The summed E-state index contributed by atoms with van der Waals surface area (Å²) in [5.41, 5.74) is 0.602. The van der Waals surface area contributed by atoms with Crippen molar-refractivity contribution in [2.45, 2.75) is 90.4 Å². The van der Waals surface area contributed by atoms with Gasteiger partial charge in [0.15, 0.2) is 0 Å². The molecule has 0 aromatic carbocycles. The smallest absolute Gasteiger partial charge is 0.0900 e. The molecule has 3 saturated carbocycles. The van der Waals surface area contributed by atoms with Crippen molar-refractivity contribution in [2.75, 3.05) is 20.2 Å². The molecule has 0 spiro atoms. The first-order valence-electron chi connectivity index (χ1n) is 9.83. The van der Waals surface area contributed by atoms with Crippen LogP contribution in [0.5, 0.6) is 0 Å². The molecule has 0 aromatic heterocycles. The van der Waals surface area contributed by atoms with Crippen LogP contribution in [0.25, 0.3) is 0 Å². The lowest BCUT2D eigenvalue weighted by molar-refractivity contribution is -0.114. The molecule has 3 aliphatic rings. The first-order valence-corrected chi connectivity index (χ1v) is 9.83. The van der Waals surface area contributed by atoms with Crippen molar-refractivity contribution in [3.63, 3.8) is 0 Å². The number of fused-ring (bicyclic) bond motifs is 2. The maximum absolute atomic E-state index is 10.5. The van der Waals surface area contributed by atoms with Gasteiger partial charge in [0.2, 0.25) is 0 Å². The van der Waals surface area contributed by atoms with Gasteiger partial charge >= 0.3 is 0 Å². The van der Waals surface area contributed by atoms with E-state index in [1.807, 2.05) is 0 Å². The third kappa shape index (κ3) is 3.48. The summed E-state index contributed by atoms with van der Waals surface area (Å²) in [4.78, 5) is 2.36. The molecule has 0 saturated heterocycles. The number of likely N-dealkylation sites (N-methyl/N-ethyl adjacent to an activating group) is 1. The summed E-state index contributed by atoms with van der Waals surface area (Å²) in [6.45, 7) is 8.37. The molecular formula is C20H37NO2. The lowest BCUT2D eigenvalue weighted by Crippen LogP contribution is -2.45. The van der Waals surface area contributed by atoms with Gasteiger partial charge < -0.3 is 14.7 Å². The molecular weight excluding hydrogens is 286 g/mol. The van der Waals surface area contributed by atoms with E-state index in [1.54, 1.807) is 0 Å². The molecule has 0 radical (unpaired) electrons. The van der Waals surface area contributed by atoms with Gasteiger partial charge in [0.25, 0.3) is 0 Å². The summed E-state index contributed by atoms with van der Waals surface area (Å²) in [5, 5.41) is 10.5. The SMILES string of the molecule is CN(C[C@H](O)CO[C@H]1C(C)(C)[C@H]2CC[C@@]1(C)C2)C1CCCCC1. The van der Waals surface area contributed by atoms with Crippen LogP contribution in [0.1, 0.15) is 72.1 Å². The van der Waals surface area contributed by atoms with Crippen LogP contribution in [0, 0.1) is 16.7 Å². The summed E-state index contributed by atoms with van der Waals surface area (Å²) < 4.78 is 6.33. The van der Waals surface area contributed by atoms with E-state index in [0.29, 0.717) is 24.2 Å². The largest absolute Gasteiger partial charge is 0.389 e. The number of ether oxygens (including phenoxy) is 1. The second-order valence-electron chi connectivity index (χ2n) is 9.51. The molecule has 3 nitrogen and oxygen atoms in total. The molecule has 3 heteroatoms. The van der Waals surface area contributed by atoms with E-state index in [4.69, 9.17) is 4.74 Å². The molecule has 0 heterocycles. The van der Waals surface area contributed by atoms with Gasteiger partial charge in [-0.25, -0.2) is 0 Å². The molecule has 134 valence electrons. The zero-order valence-electron chi connectivity index (χ0n) is 15.7. The van der Waals surface area contributed by atoms with Gasteiger partial charge in [-0.05, 0) is 55.9 Å². The van der Waals surface area contributed by atoms with Crippen LogP contribution in [-0.2, 0) is 4.74 Å². The molecule has 1 N–H and O–H groups in total. The maximum Gasteiger partial charge on any atom is 0.0900 e. The highest BCUT2D eigenvalue weighted by atomic mass is 16.5. The van der Waals surface area contributed by atoms with E-state index in [-0.39, 0.29) is 11.5 Å². The van der Waals surface area contributed by atoms with Crippen molar-refractivity contribution in [3.8, 4) is 0 Å². The highest BCUT2D eigenvalue weighted by molar-refractivity contribution is 5.09. The quantitative estimate of drug-likeness (QED) is 0.806. The first-order chi connectivity index (χ1) is 10.8. The predicted molar refractivity (Wildman–Crippen MR) is 94.5 cm³/mol. The van der Waals surface area contributed by atoms with E-state index in [2.05, 4.69) is 32.7 Å². The summed E-state index contributed by atoms with van der Waals surface area (Å²) in [6, 6.07) is 0.662. The topological polar surface area (TPSA) is 32.7 Å². The summed E-state index contributed by atoms with van der Waals surface area (Å²) >= 11 is 0. The van der Waals surface area contributed by atoms with Crippen LogP contribution in [-0.4, -0.2) is 48.5 Å². The maximum atomic E-state index is 10.5. The molecule has 3 fully saturated rings. The Bertz CT molecular complexity index is 400. The van der Waals surface area contributed by atoms with Crippen LogP contribution in [0.4, 0.5) is 0 Å². The van der Waals surface area contributed by atoms with Crippen LogP contribution >= 0.6 is 0 Å². The third-order valence-electron chi connectivity index (χ3n) is 7.29. The molecule has 3 rings (SSSR count). The molecule has 4 atom stereocenters. The summed E-state index contributed by atoms with van der Waals surface area (Å²) in [6.07, 6.45) is 10.6. The number of aliphatic hydroxyl groups excluding tert-OH is 1. The van der Waals surface area contributed by atoms with Gasteiger partial charge in [-0.1, -0.05) is 40.0 Å². The normalized spacial score (nSPS) is 38.3. The Hall–Kier alpha value is -0.120. The summed E-state index contributed by atoms with van der Waals surface area (Å²) in [5.74, 6) is 0.805. The van der Waals surface area contributed by atoms with Crippen molar-refractivity contribution in [3.05, 3.63) is 0 Å². The number of hydrogen-bond acceptors (Lipinski definition) is 3. The minimum atomic E-state index is -0.361. The summed E-state index contributed by atoms with van der Waals surface area (Å²) in [7, 11) is 2.17. The lowest BCUT2D eigenvalue weighted by Gasteiger charge is -2.43. The van der Waals surface area contributed by atoms with Crippen LogP contribution in [0.2, 0.25) is 0 Å². The fraction of sp³-hybridized carbons (Fsp3) is 1.00. The third-order valence-corrected chi connectivity index (χ3v) is 7.29. The van der Waals surface area contributed by atoms with Crippen LogP contribution in [0.3, 0.4) is 0 Å². The fourth-order valence-corrected chi connectivity index (χ4v) is 5.94. The molecule has 23 heavy (non-hydrogen) atoms. The zero-order chi connectivity index (χ0) is 16.7. The Morgan fingerprint density at radius 1 is 1.13 bits per heavy atom. The van der Waals surface area contributed by atoms with Gasteiger partial charge in [-0.3, -0.25) is 0 Å². The Labute approximate surface area is 142 Å². The van der Waals surface area contributed by atoms with Crippen molar-refractivity contribution in [1.29, 1.82) is 0 Å². The standard InChI is InChI=1S/C20H37NO2/c1-19(2)15-10-11-20(3,12-15)18(19)23-14-17(22)13-21(4)16-8-6-5-7-9-16/h15-18,22H,5-14H2,1-4H3/t15-,17-,18-,20-/m0/s1. The van der Waals surface area contributed by atoms with Crippen molar-refractivity contribution in [2.24, 2.45) is 16.7 Å². The average Bonchev–Trinajstić information content (AvgIpc) is 2.98. The van der Waals surface area contributed by atoms with Gasteiger partial charge in [0.05, 0.1) is 18.8 Å². The highest BCUT2D eigenvalue weighted by Crippen LogP contribution is 2.63. The fourth-order valence-electron chi connectivity index (χ4n) is 5.94. The number of aliphatic hydroxyl groups is 1. The predicted octanol–water partition coefficient (Wildman–Crippen LogP) is 3.84. The number of nitrogens with zero attached hydrogens (tertiary/aromatic N) is 1. The molecule has 0 amide bonds. The minimum absolute atomic E-state index is 0.266. The Morgan fingerprint density at radius 3 is 2.43 bits per heavy atom. The Kier molecular flexibility index (Phi) is 5.11.